The zero-order chi connectivity index (χ0) is 13.3. The van der Waals surface area contributed by atoms with Gasteiger partial charge in [-0.15, -0.1) is 0 Å². The number of carboxylic acids is 1. The van der Waals surface area contributed by atoms with Gasteiger partial charge in [-0.2, -0.15) is 0 Å². The van der Waals surface area contributed by atoms with Gasteiger partial charge in [0.05, 0.1) is 5.69 Å². The van der Waals surface area contributed by atoms with Crippen molar-refractivity contribution in [3.63, 3.8) is 0 Å². The van der Waals surface area contributed by atoms with E-state index in [1.807, 2.05) is 0 Å². The fourth-order valence-electron chi connectivity index (χ4n) is 1.78. The number of anilines is 1. The smallest absolute Gasteiger partial charge is 0.339 e. The van der Waals surface area contributed by atoms with Crippen molar-refractivity contribution in [1.29, 1.82) is 0 Å². The highest BCUT2D eigenvalue weighted by Gasteiger charge is 2.18. The number of carbonyl (C=O) groups excluding carboxylic acids is 1. The Morgan fingerprint density at radius 3 is 2.72 bits per heavy atom. The van der Waals surface area contributed by atoms with Crippen LogP contribution >= 0.6 is 0 Å². The summed E-state index contributed by atoms with van der Waals surface area (Å²) in [6.07, 6.45) is 3.22. The summed E-state index contributed by atoms with van der Waals surface area (Å²) < 4.78 is 1.66. The van der Waals surface area contributed by atoms with E-state index in [9.17, 15) is 9.59 Å². The number of aromatic carboxylic acids is 1. The molecule has 0 saturated carbocycles. The van der Waals surface area contributed by atoms with Crippen LogP contribution in [0.1, 0.15) is 26.5 Å². The molecule has 0 atom stereocenters. The van der Waals surface area contributed by atoms with Gasteiger partial charge in [0.1, 0.15) is 11.3 Å². The standard InChI is InChI=1S/C12H13N3O3/c1-7-10(12(17)18)8(6-13-7)14-11(16)9-4-3-5-15(9)2/h3-6,13H,1-2H3,(H,14,16)(H,17,18). The van der Waals surface area contributed by atoms with Gasteiger partial charge in [0.2, 0.25) is 0 Å². The highest BCUT2D eigenvalue weighted by Crippen LogP contribution is 2.19. The normalized spacial score (nSPS) is 10.3. The van der Waals surface area contributed by atoms with Crippen molar-refractivity contribution in [3.05, 3.63) is 41.5 Å². The molecule has 0 aliphatic carbocycles. The Morgan fingerprint density at radius 2 is 2.17 bits per heavy atom. The number of hydrogen-bond acceptors (Lipinski definition) is 2. The molecule has 0 aliphatic heterocycles. The molecule has 0 spiro atoms. The van der Waals surface area contributed by atoms with Crippen molar-refractivity contribution in [3.8, 4) is 0 Å². The number of rotatable bonds is 3. The molecule has 6 nitrogen and oxygen atoms in total. The second-order valence-corrected chi connectivity index (χ2v) is 3.97. The predicted molar refractivity (Wildman–Crippen MR) is 65.9 cm³/mol. The number of aromatic amines is 1. The molecule has 0 fully saturated rings. The number of aromatic nitrogens is 2. The highest BCUT2D eigenvalue weighted by atomic mass is 16.4. The largest absolute Gasteiger partial charge is 0.478 e. The van der Waals surface area contributed by atoms with E-state index in [0.717, 1.165) is 0 Å². The minimum atomic E-state index is -1.07. The predicted octanol–water partition coefficient (Wildman–Crippen LogP) is 1.61. The molecule has 18 heavy (non-hydrogen) atoms. The lowest BCUT2D eigenvalue weighted by atomic mass is 10.2. The van der Waals surface area contributed by atoms with Crippen LogP contribution in [0.25, 0.3) is 0 Å². The van der Waals surface area contributed by atoms with Crippen LogP contribution in [-0.2, 0) is 7.05 Å². The van der Waals surface area contributed by atoms with Crippen LogP contribution in [0.3, 0.4) is 0 Å². The summed E-state index contributed by atoms with van der Waals surface area (Å²) in [5.41, 5.74) is 1.32. The van der Waals surface area contributed by atoms with Gasteiger partial charge < -0.3 is 20.0 Å². The summed E-state index contributed by atoms with van der Waals surface area (Å²) in [6, 6.07) is 3.41. The third-order valence-corrected chi connectivity index (χ3v) is 2.72. The van der Waals surface area contributed by atoms with Crippen LogP contribution in [0, 0.1) is 6.92 Å². The molecule has 94 valence electrons. The summed E-state index contributed by atoms with van der Waals surface area (Å²) >= 11 is 0. The number of nitrogens with one attached hydrogen (secondary N) is 2. The number of aryl methyl sites for hydroxylation is 2. The van der Waals surface area contributed by atoms with E-state index in [1.165, 1.54) is 6.20 Å². The lowest BCUT2D eigenvalue weighted by Crippen LogP contribution is -2.16. The zero-order valence-electron chi connectivity index (χ0n) is 10.0. The van der Waals surface area contributed by atoms with Crippen molar-refractivity contribution in [2.45, 2.75) is 6.92 Å². The topological polar surface area (TPSA) is 87.1 Å². The number of carboxylic acid groups (broad SMARTS) is 1. The number of hydrogen-bond donors (Lipinski definition) is 3. The van der Waals surface area contributed by atoms with Crippen molar-refractivity contribution >= 4 is 17.6 Å². The average Bonchev–Trinajstić information content (AvgIpc) is 2.85. The maximum absolute atomic E-state index is 11.9. The Hall–Kier alpha value is -2.50. The van der Waals surface area contributed by atoms with E-state index >= 15 is 0 Å². The first kappa shape index (κ1) is 12.0. The van der Waals surface area contributed by atoms with Crippen LogP contribution < -0.4 is 5.32 Å². The van der Waals surface area contributed by atoms with Crippen LogP contribution in [0.15, 0.2) is 24.5 Å². The zero-order valence-corrected chi connectivity index (χ0v) is 10.0. The molecule has 0 bridgehead atoms. The summed E-state index contributed by atoms with van der Waals surface area (Å²) in [7, 11) is 1.75. The first-order chi connectivity index (χ1) is 8.50. The van der Waals surface area contributed by atoms with Crippen LogP contribution in [-0.4, -0.2) is 26.5 Å². The molecule has 0 unspecified atom stereocenters. The maximum Gasteiger partial charge on any atom is 0.339 e. The van der Waals surface area contributed by atoms with E-state index in [4.69, 9.17) is 5.11 Å². The molecule has 0 radical (unpaired) electrons. The Morgan fingerprint density at radius 1 is 1.44 bits per heavy atom. The van der Waals surface area contributed by atoms with Crippen molar-refractivity contribution in [2.24, 2.45) is 7.05 Å². The summed E-state index contributed by atoms with van der Waals surface area (Å²) in [4.78, 5) is 25.8. The number of nitrogens with zero attached hydrogens (tertiary/aromatic N) is 1. The van der Waals surface area contributed by atoms with E-state index in [0.29, 0.717) is 11.4 Å². The number of carbonyl (C=O) groups is 2. The molecule has 0 saturated heterocycles. The molecule has 2 rings (SSSR count). The fourth-order valence-corrected chi connectivity index (χ4v) is 1.78. The molecular weight excluding hydrogens is 234 g/mol. The van der Waals surface area contributed by atoms with Crippen LogP contribution in [0.4, 0.5) is 5.69 Å². The van der Waals surface area contributed by atoms with E-state index in [1.54, 1.807) is 36.9 Å². The molecule has 2 heterocycles. The Labute approximate surface area is 103 Å². The minimum Gasteiger partial charge on any atom is -0.478 e. The summed E-state index contributed by atoms with van der Waals surface area (Å²) in [5.74, 6) is -1.42. The van der Waals surface area contributed by atoms with Crippen molar-refractivity contribution in [1.82, 2.24) is 9.55 Å². The van der Waals surface area contributed by atoms with E-state index in [-0.39, 0.29) is 17.2 Å². The van der Waals surface area contributed by atoms with Gasteiger partial charge in [-0.1, -0.05) is 0 Å². The molecule has 0 aromatic carbocycles. The van der Waals surface area contributed by atoms with Crippen LogP contribution in [0.5, 0.6) is 0 Å². The Balaban J connectivity index is 2.28. The summed E-state index contributed by atoms with van der Waals surface area (Å²) in [6.45, 7) is 1.64. The molecule has 1 amide bonds. The second-order valence-electron chi connectivity index (χ2n) is 3.97. The van der Waals surface area contributed by atoms with Gasteiger partial charge in [-0.25, -0.2) is 4.79 Å². The van der Waals surface area contributed by atoms with Gasteiger partial charge in [0, 0.05) is 25.1 Å². The van der Waals surface area contributed by atoms with Gasteiger partial charge in [0.25, 0.3) is 5.91 Å². The first-order valence-electron chi connectivity index (χ1n) is 5.34. The molecule has 2 aromatic rings. The Kier molecular flexibility index (Phi) is 2.93. The third-order valence-electron chi connectivity index (χ3n) is 2.72. The highest BCUT2D eigenvalue weighted by molar-refractivity contribution is 6.07. The van der Waals surface area contributed by atoms with Gasteiger partial charge in [-0.05, 0) is 19.1 Å². The molecule has 0 aliphatic rings. The van der Waals surface area contributed by atoms with Crippen molar-refractivity contribution < 1.29 is 14.7 Å². The third kappa shape index (κ3) is 2.00. The SMILES string of the molecule is Cc1[nH]cc(NC(=O)c2cccn2C)c1C(=O)O. The number of amides is 1. The summed E-state index contributed by atoms with van der Waals surface area (Å²) in [5, 5.41) is 11.6. The molecule has 3 N–H and O–H groups in total. The van der Waals surface area contributed by atoms with Crippen LogP contribution in [0.2, 0.25) is 0 Å². The molecular formula is C12H13N3O3. The molecule has 2 aromatic heterocycles. The second kappa shape index (κ2) is 4.40. The fraction of sp³-hybridized carbons (Fsp3) is 0.167. The minimum absolute atomic E-state index is 0.0811. The van der Waals surface area contributed by atoms with Crippen molar-refractivity contribution in [2.75, 3.05) is 5.32 Å². The Bertz CT molecular complexity index is 610. The number of H-pyrrole nitrogens is 1. The van der Waals surface area contributed by atoms with Gasteiger partial charge in [0.15, 0.2) is 0 Å². The average molecular weight is 247 g/mol. The lowest BCUT2D eigenvalue weighted by Gasteiger charge is -2.05. The lowest BCUT2D eigenvalue weighted by molar-refractivity contribution is 0.0697. The monoisotopic (exact) mass is 247 g/mol. The van der Waals surface area contributed by atoms with Gasteiger partial charge in [-0.3, -0.25) is 4.79 Å². The quantitative estimate of drug-likeness (QED) is 0.770. The van der Waals surface area contributed by atoms with E-state index < -0.39 is 5.97 Å². The first-order valence-corrected chi connectivity index (χ1v) is 5.34. The molecule has 6 heteroatoms. The van der Waals surface area contributed by atoms with E-state index in [2.05, 4.69) is 10.3 Å². The van der Waals surface area contributed by atoms with Gasteiger partial charge >= 0.3 is 5.97 Å². The maximum atomic E-state index is 11.9.